The van der Waals surface area contributed by atoms with E-state index in [1.165, 1.54) is 27.8 Å². The molecular formula is C25H29NO2. The lowest BCUT2D eigenvalue weighted by molar-refractivity contribution is 0.296. The zero-order chi connectivity index (χ0) is 20.1. The lowest BCUT2D eigenvalue weighted by Crippen LogP contribution is -2.02. The van der Waals surface area contributed by atoms with Gasteiger partial charge in [-0.2, -0.15) is 0 Å². The summed E-state index contributed by atoms with van der Waals surface area (Å²) in [7, 11) is 1.70. The Morgan fingerprint density at radius 1 is 0.857 bits per heavy atom. The Bertz CT molecular complexity index is 920. The van der Waals surface area contributed by atoms with E-state index in [0.29, 0.717) is 6.61 Å². The number of nitrogens with zero attached hydrogens (tertiary/aromatic N) is 1. The van der Waals surface area contributed by atoms with Crippen molar-refractivity contribution < 1.29 is 9.47 Å². The number of hydrogen-bond acceptors (Lipinski definition) is 3. The third kappa shape index (κ3) is 4.36. The first kappa shape index (κ1) is 19.9. The lowest BCUT2D eigenvalue weighted by atomic mass is 9.94. The summed E-state index contributed by atoms with van der Waals surface area (Å²) in [4.78, 5) is 4.76. The number of benzene rings is 2. The first-order valence-corrected chi connectivity index (χ1v) is 9.90. The maximum Gasteiger partial charge on any atom is 0.129 e. The monoisotopic (exact) mass is 375 g/mol. The van der Waals surface area contributed by atoms with Crippen LogP contribution in [0, 0.1) is 13.8 Å². The van der Waals surface area contributed by atoms with E-state index in [-0.39, 0.29) is 0 Å². The fourth-order valence-corrected chi connectivity index (χ4v) is 3.65. The third-order valence-electron chi connectivity index (χ3n) is 5.01. The molecule has 146 valence electrons. The van der Waals surface area contributed by atoms with Crippen LogP contribution in [0.25, 0.3) is 11.3 Å². The van der Waals surface area contributed by atoms with Crippen LogP contribution in [-0.4, -0.2) is 12.1 Å². The molecule has 0 aliphatic rings. The number of hydrogen-bond donors (Lipinski definition) is 0. The van der Waals surface area contributed by atoms with Gasteiger partial charge in [-0.1, -0.05) is 38.1 Å². The van der Waals surface area contributed by atoms with Gasteiger partial charge in [0, 0.05) is 23.4 Å². The van der Waals surface area contributed by atoms with Crippen molar-refractivity contribution in [2.45, 2.75) is 47.1 Å². The standard InChI is InChI=1S/C25H29NO2/c1-6-19-9-8-10-20(7-2)25(19)23-14-24(27-5)21(15-26-23)16-28-22-12-17(3)11-18(4)13-22/h8-15H,6-7,16H2,1-5H3. The molecule has 0 unspecified atom stereocenters. The lowest BCUT2D eigenvalue weighted by Gasteiger charge is -2.16. The van der Waals surface area contributed by atoms with E-state index >= 15 is 0 Å². The largest absolute Gasteiger partial charge is 0.496 e. The topological polar surface area (TPSA) is 31.4 Å². The Hall–Kier alpha value is -2.81. The molecule has 0 radical (unpaired) electrons. The van der Waals surface area contributed by atoms with Crippen molar-refractivity contribution in [2.75, 3.05) is 7.11 Å². The number of pyridine rings is 1. The number of ether oxygens (including phenoxy) is 2. The molecule has 1 aromatic heterocycles. The second kappa shape index (κ2) is 8.92. The Labute approximate surface area is 168 Å². The summed E-state index contributed by atoms with van der Waals surface area (Å²) in [5, 5.41) is 0. The molecule has 1 heterocycles. The van der Waals surface area contributed by atoms with Gasteiger partial charge in [0.1, 0.15) is 18.1 Å². The normalized spacial score (nSPS) is 10.8. The minimum absolute atomic E-state index is 0.426. The van der Waals surface area contributed by atoms with Gasteiger partial charge in [0.25, 0.3) is 0 Å². The average Bonchev–Trinajstić information content (AvgIpc) is 2.70. The van der Waals surface area contributed by atoms with Gasteiger partial charge in [-0.05, 0) is 61.1 Å². The van der Waals surface area contributed by atoms with Crippen LogP contribution in [0.15, 0.2) is 48.7 Å². The molecule has 3 aromatic rings. The molecule has 28 heavy (non-hydrogen) atoms. The van der Waals surface area contributed by atoms with E-state index < -0.39 is 0 Å². The third-order valence-corrected chi connectivity index (χ3v) is 5.01. The highest BCUT2D eigenvalue weighted by atomic mass is 16.5. The van der Waals surface area contributed by atoms with Crippen molar-refractivity contribution in [1.29, 1.82) is 0 Å². The Morgan fingerprint density at radius 3 is 2.07 bits per heavy atom. The molecule has 0 aliphatic carbocycles. The summed E-state index contributed by atoms with van der Waals surface area (Å²) in [6, 6.07) is 14.8. The zero-order valence-corrected chi connectivity index (χ0v) is 17.5. The van der Waals surface area contributed by atoms with Crippen LogP contribution in [-0.2, 0) is 19.4 Å². The quantitative estimate of drug-likeness (QED) is 0.502. The van der Waals surface area contributed by atoms with Crippen molar-refractivity contribution in [2.24, 2.45) is 0 Å². The van der Waals surface area contributed by atoms with Gasteiger partial charge in [-0.25, -0.2) is 0 Å². The first-order chi connectivity index (χ1) is 13.5. The minimum atomic E-state index is 0.426. The SMILES string of the molecule is CCc1cccc(CC)c1-c1cc(OC)c(COc2cc(C)cc(C)c2)cn1. The van der Waals surface area contributed by atoms with Crippen molar-refractivity contribution in [1.82, 2.24) is 4.98 Å². The Morgan fingerprint density at radius 2 is 1.50 bits per heavy atom. The maximum atomic E-state index is 6.01. The number of methoxy groups -OCH3 is 1. The molecule has 0 fully saturated rings. The van der Waals surface area contributed by atoms with E-state index in [0.717, 1.165) is 35.6 Å². The van der Waals surface area contributed by atoms with E-state index in [1.807, 2.05) is 24.4 Å². The van der Waals surface area contributed by atoms with Crippen molar-refractivity contribution in [3.05, 3.63) is 76.5 Å². The molecule has 2 aromatic carbocycles. The molecule has 3 rings (SSSR count). The van der Waals surface area contributed by atoms with E-state index in [2.05, 4.69) is 52.0 Å². The van der Waals surface area contributed by atoms with E-state index in [4.69, 9.17) is 14.5 Å². The summed E-state index contributed by atoms with van der Waals surface area (Å²) >= 11 is 0. The van der Waals surface area contributed by atoms with Crippen molar-refractivity contribution in [3.63, 3.8) is 0 Å². The smallest absolute Gasteiger partial charge is 0.129 e. The molecule has 0 spiro atoms. The summed E-state index contributed by atoms with van der Waals surface area (Å²) in [6.45, 7) is 8.94. The maximum absolute atomic E-state index is 6.01. The summed E-state index contributed by atoms with van der Waals surface area (Å²) < 4.78 is 11.7. The van der Waals surface area contributed by atoms with Crippen molar-refractivity contribution in [3.8, 4) is 22.8 Å². The van der Waals surface area contributed by atoms with Gasteiger partial charge in [0.2, 0.25) is 0 Å². The second-order valence-corrected chi connectivity index (χ2v) is 7.15. The zero-order valence-electron chi connectivity index (χ0n) is 17.5. The highest BCUT2D eigenvalue weighted by Crippen LogP contribution is 2.31. The summed E-state index contributed by atoms with van der Waals surface area (Å²) in [5.74, 6) is 1.68. The fraction of sp³-hybridized carbons (Fsp3) is 0.320. The molecule has 0 saturated heterocycles. The van der Waals surface area contributed by atoms with Crippen LogP contribution >= 0.6 is 0 Å². The van der Waals surface area contributed by atoms with E-state index in [1.54, 1.807) is 7.11 Å². The number of aromatic nitrogens is 1. The molecule has 3 heteroatoms. The molecule has 0 N–H and O–H groups in total. The summed E-state index contributed by atoms with van der Waals surface area (Å²) in [5.41, 5.74) is 8.14. The van der Waals surface area contributed by atoms with Crippen LogP contribution < -0.4 is 9.47 Å². The minimum Gasteiger partial charge on any atom is -0.496 e. The van der Waals surface area contributed by atoms with E-state index in [9.17, 15) is 0 Å². The molecule has 0 bridgehead atoms. The predicted molar refractivity (Wildman–Crippen MR) is 115 cm³/mol. The van der Waals surface area contributed by atoms with Crippen LogP contribution in [0.1, 0.15) is 41.7 Å². The van der Waals surface area contributed by atoms with Gasteiger partial charge in [-0.15, -0.1) is 0 Å². The molecule has 0 atom stereocenters. The van der Waals surface area contributed by atoms with Crippen LogP contribution in [0.2, 0.25) is 0 Å². The molecule has 3 nitrogen and oxygen atoms in total. The van der Waals surface area contributed by atoms with Crippen LogP contribution in [0.3, 0.4) is 0 Å². The second-order valence-electron chi connectivity index (χ2n) is 7.15. The van der Waals surface area contributed by atoms with Gasteiger partial charge in [0.15, 0.2) is 0 Å². The van der Waals surface area contributed by atoms with Gasteiger partial charge < -0.3 is 9.47 Å². The van der Waals surface area contributed by atoms with Gasteiger partial charge >= 0.3 is 0 Å². The fourth-order valence-electron chi connectivity index (χ4n) is 3.65. The first-order valence-electron chi connectivity index (χ1n) is 9.90. The van der Waals surface area contributed by atoms with Gasteiger partial charge in [-0.3, -0.25) is 4.98 Å². The van der Waals surface area contributed by atoms with Gasteiger partial charge in [0.05, 0.1) is 12.8 Å². The number of aryl methyl sites for hydroxylation is 4. The molecule has 0 amide bonds. The Kier molecular flexibility index (Phi) is 6.35. The molecule has 0 aliphatic heterocycles. The number of rotatable bonds is 7. The highest BCUT2D eigenvalue weighted by molar-refractivity contribution is 5.69. The summed E-state index contributed by atoms with van der Waals surface area (Å²) in [6.07, 6.45) is 3.83. The molecular weight excluding hydrogens is 346 g/mol. The van der Waals surface area contributed by atoms with Crippen molar-refractivity contribution >= 4 is 0 Å². The molecule has 0 saturated carbocycles. The highest BCUT2D eigenvalue weighted by Gasteiger charge is 2.14. The predicted octanol–water partition coefficient (Wildman–Crippen LogP) is 6.08. The Balaban J connectivity index is 1.91. The average molecular weight is 376 g/mol. The van der Waals surface area contributed by atoms with Crippen LogP contribution in [0.4, 0.5) is 0 Å². The van der Waals surface area contributed by atoms with Crippen LogP contribution in [0.5, 0.6) is 11.5 Å².